The minimum atomic E-state index is -1.02. The normalized spacial score (nSPS) is 10.2. The van der Waals surface area contributed by atoms with Gasteiger partial charge in [0.05, 0.1) is 5.69 Å². The number of aromatic nitrogens is 2. The zero-order valence-corrected chi connectivity index (χ0v) is 8.78. The zero-order chi connectivity index (χ0) is 10.8. The Balaban J connectivity index is 2.45. The molecule has 0 saturated heterocycles. The van der Waals surface area contributed by atoms with Gasteiger partial charge in [-0.2, -0.15) is 0 Å². The summed E-state index contributed by atoms with van der Waals surface area (Å²) < 4.78 is 0. The van der Waals surface area contributed by atoms with Gasteiger partial charge in [-0.15, -0.1) is 11.3 Å². The number of thiazole rings is 1. The Morgan fingerprint density at radius 3 is 2.87 bits per heavy atom. The van der Waals surface area contributed by atoms with Crippen molar-refractivity contribution in [3.8, 4) is 10.7 Å². The van der Waals surface area contributed by atoms with Gasteiger partial charge in [-0.05, 0) is 19.1 Å². The number of carbonyl (C=O) groups is 1. The van der Waals surface area contributed by atoms with Crippen LogP contribution >= 0.6 is 11.3 Å². The number of aromatic carboxylic acids is 1. The molecule has 0 spiro atoms. The molecule has 0 aliphatic rings. The lowest BCUT2D eigenvalue weighted by atomic mass is 10.3. The Hall–Kier alpha value is -1.75. The molecule has 0 atom stereocenters. The summed E-state index contributed by atoms with van der Waals surface area (Å²) in [4.78, 5) is 19.9. The molecule has 2 rings (SSSR count). The topological polar surface area (TPSA) is 63.1 Å². The average molecular weight is 220 g/mol. The van der Waals surface area contributed by atoms with Crippen LogP contribution in [0.1, 0.15) is 15.4 Å². The fourth-order valence-corrected chi connectivity index (χ4v) is 1.88. The Morgan fingerprint density at radius 1 is 1.47 bits per heavy atom. The second-order valence-corrected chi connectivity index (χ2v) is 4.22. The summed E-state index contributed by atoms with van der Waals surface area (Å²) in [7, 11) is 0. The third kappa shape index (κ3) is 2.02. The van der Waals surface area contributed by atoms with E-state index < -0.39 is 5.97 Å². The first-order chi connectivity index (χ1) is 7.16. The number of aryl methyl sites for hydroxylation is 1. The van der Waals surface area contributed by atoms with Crippen LogP contribution in [0.3, 0.4) is 0 Å². The fraction of sp³-hybridized carbons (Fsp3) is 0.100. The van der Waals surface area contributed by atoms with Crippen LogP contribution in [-0.2, 0) is 0 Å². The summed E-state index contributed by atoms with van der Waals surface area (Å²) in [6, 6.07) is 4.89. The van der Waals surface area contributed by atoms with Crippen molar-refractivity contribution in [1.29, 1.82) is 0 Å². The standard InChI is InChI=1S/C10H8N2O2S/c1-6-5-11-9(15-6)7-3-2-4-8(12-7)10(13)14/h2-5H,1H3,(H,13,14). The molecule has 4 nitrogen and oxygen atoms in total. The van der Waals surface area contributed by atoms with Crippen LogP contribution in [0, 0.1) is 6.92 Å². The van der Waals surface area contributed by atoms with E-state index in [2.05, 4.69) is 9.97 Å². The van der Waals surface area contributed by atoms with Gasteiger partial charge in [0.25, 0.3) is 0 Å². The highest BCUT2D eigenvalue weighted by molar-refractivity contribution is 7.14. The van der Waals surface area contributed by atoms with Crippen LogP contribution in [0.2, 0.25) is 0 Å². The molecular weight excluding hydrogens is 212 g/mol. The quantitative estimate of drug-likeness (QED) is 0.842. The van der Waals surface area contributed by atoms with E-state index in [-0.39, 0.29) is 5.69 Å². The van der Waals surface area contributed by atoms with Crippen molar-refractivity contribution < 1.29 is 9.90 Å². The second-order valence-electron chi connectivity index (χ2n) is 2.99. The summed E-state index contributed by atoms with van der Waals surface area (Å²) in [5, 5.41) is 9.53. The van der Waals surface area contributed by atoms with E-state index in [0.29, 0.717) is 5.69 Å². The highest BCUT2D eigenvalue weighted by Gasteiger charge is 2.08. The van der Waals surface area contributed by atoms with E-state index in [1.807, 2.05) is 6.92 Å². The second kappa shape index (κ2) is 3.78. The van der Waals surface area contributed by atoms with E-state index in [1.165, 1.54) is 17.4 Å². The van der Waals surface area contributed by atoms with E-state index in [4.69, 9.17) is 5.11 Å². The van der Waals surface area contributed by atoms with Crippen LogP contribution < -0.4 is 0 Å². The number of carboxylic acid groups (broad SMARTS) is 1. The lowest BCUT2D eigenvalue weighted by Gasteiger charge is -1.96. The smallest absolute Gasteiger partial charge is 0.354 e. The molecule has 0 fully saturated rings. The summed E-state index contributed by atoms with van der Waals surface area (Å²) in [6.07, 6.45) is 1.75. The van der Waals surface area contributed by atoms with Crippen molar-refractivity contribution in [2.24, 2.45) is 0 Å². The monoisotopic (exact) mass is 220 g/mol. The molecule has 0 aliphatic carbocycles. The summed E-state index contributed by atoms with van der Waals surface area (Å²) in [5.41, 5.74) is 0.647. The molecule has 2 aromatic heterocycles. The van der Waals surface area contributed by atoms with Crippen molar-refractivity contribution in [1.82, 2.24) is 9.97 Å². The molecule has 0 radical (unpaired) electrons. The predicted molar refractivity (Wildman–Crippen MR) is 57.0 cm³/mol. The van der Waals surface area contributed by atoms with Crippen molar-refractivity contribution >= 4 is 17.3 Å². The zero-order valence-electron chi connectivity index (χ0n) is 7.97. The lowest BCUT2D eigenvalue weighted by molar-refractivity contribution is 0.0690. The Labute approximate surface area is 90.3 Å². The molecule has 5 heteroatoms. The minimum absolute atomic E-state index is 0.0420. The number of carboxylic acids is 1. The minimum Gasteiger partial charge on any atom is -0.477 e. The number of rotatable bonds is 2. The molecular formula is C10H8N2O2S. The van der Waals surface area contributed by atoms with Crippen molar-refractivity contribution in [3.05, 3.63) is 35.0 Å². The average Bonchev–Trinajstić information content (AvgIpc) is 2.65. The molecule has 0 bridgehead atoms. The van der Waals surface area contributed by atoms with E-state index in [0.717, 1.165) is 9.88 Å². The molecule has 1 N–H and O–H groups in total. The Kier molecular flexibility index (Phi) is 2.47. The molecule has 2 heterocycles. The van der Waals surface area contributed by atoms with Crippen LogP contribution in [0.25, 0.3) is 10.7 Å². The van der Waals surface area contributed by atoms with Gasteiger partial charge in [0.15, 0.2) is 0 Å². The molecule has 2 aromatic rings. The molecule has 15 heavy (non-hydrogen) atoms. The number of hydrogen-bond donors (Lipinski definition) is 1. The van der Waals surface area contributed by atoms with Gasteiger partial charge >= 0.3 is 5.97 Å². The van der Waals surface area contributed by atoms with Gasteiger partial charge in [0.2, 0.25) is 0 Å². The molecule has 76 valence electrons. The van der Waals surface area contributed by atoms with Gasteiger partial charge < -0.3 is 5.11 Å². The van der Waals surface area contributed by atoms with Gasteiger partial charge in [-0.1, -0.05) is 6.07 Å². The van der Waals surface area contributed by atoms with Gasteiger partial charge in [-0.25, -0.2) is 14.8 Å². The van der Waals surface area contributed by atoms with Gasteiger partial charge in [-0.3, -0.25) is 0 Å². The van der Waals surface area contributed by atoms with Crippen molar-refractivity contribution in [2.45, 2.75) is 6.92 Å². The largest absolute Gasteiger partial charge is 0.477 e. The third-order valence-electron chi connectivity index (χ3n) is 1.81. The highest BCUT2D eigenvalue weighted by atomic mass is 32.1. The lowest BCUT2D eigenvalue weighted by Crippen LogP contribution is -2.00. The number of hydrogen-bond acceptors (Lipinski definition) is 4. The first-order valence-corrected chi connectivity index (χ1v) is 5.11. The van der Waals surface area contributed by atoms with Crippen LogP contribution in [0.5, 0.6) is 0 Å². The highest BCUT2D eigenvalue weighted by Crippen LogP contribution is 2.22. The fourth-order valence-electron chi connectivity index (χ4n) is 1.15. The third-order valence-corrected chi connectivity index (χ3v) is 2.74. The first-order valence-electron chi connectivity index (χ1n) is 4.30. The number of nitrogens with zero attached hydrogens (tertiary/aromatic N) is 2. The molecule has 0 aromatic carbocycles. The molecule has 0 unspecified atom stereocenters. The van der Waals surface area contributed by atoms with Gasteiger partial charge in [0, 0.05) is 11.1 Å². The maximum absolute atomic E-state index is 10.7. The number of pyridine rings is 1. The van der Waals surface area contributed by atoms with Gasteiger partial charge in [0.1, 0.15) is 10.7 Å². The van der Waals surface area contributed by atoms with Crippen LogP contribution in [0.15, 0.2) is 24.4 Å². The summed E-state index contributed by atoms with van der Waals surface area (Å²) in [6.45, 7) is 1.95. The van der Waals surface area contributed by atoms with Crippen molar-refractivity contribution in [3.63, 3.8) is 0 Å². The van der Waals surface area contributed by atoms with Crippen molar-refractivity contribution in [2.75, 3.05) is 0 Å². The van der Waals surface area contributed by atoms with E-state index in [9.17, 15) is 4.79 Å². The van der Waals surface area contributed by atoms with E-state index in [1.54, 1.807) is 18.3 Å². The van der Waals surface area contributed by atoms with E-state index >= 15 is 0 Å². The summed E-state index contributed by atoms with van der Waals surface area (Å²) >= 11 is 1.49. The maximum atomic E-state index is 10.7. The molecule has 0 saturated carbocycles. The molecule has 0 aliphatic heterocycles. The maximum Gasteiger partial charge on any atom is 0.354 e. The predicted octanol–water partition coefficient (Wildman–Crippen LogP) is 2.21. The molecule has 0 amide bonds. The van der Waals surface area contributed by atoms with Crippen LogP contribution in [-0.4, -0.2) is 21.0 Å². The Morgan fingerprint density at radius 2 is 2.27 bits per heavy atom. The van der Waals surface area contributed by atoms with Crippen LogP contribution in [0.4, 0.5) is 0 Å². The summed E-state index contributed by atoms with van der Waals surface area (Å²) in [5.74, 6) is -1.02. The Bertz CT molecular complexity index is 508. The SMILES string of the molecule is Cc1cnc(-c2cccc(C(=O)O)n2)s1. The first kappa shape index (κ1) is 9.79.